The fourth-order valence-electron chi connectivity index (χ4n) is 1.31. The molecule has 1 aromatic carbocycles. The van der Waals surface area contributed by atoms with E-state index in [9.17, 15) is 4.39 Å². The van der Waals surface area contributed by atoms with E-state index in [0.29, 0.717) is 5.56 Å². The zero-order valence-electron chi connectivity index (χ0n) is 7.24. The molecule has 0 atom stereocenters. The lowest BCUT2D eigenvalue weighted by atomic mass is 10.1. The van der Waals surface area contributed by atoms with Gasteiger partial charge in [0.2, 0.25) is 0 Å². The highest BCUT2D eigenvalue weighted by atomic mass is 35.5. The van der Waals surface area contributed by atoms with E-state index >= 15 is 0 Å². The first kappa shape index (κ1) is 9.34. The van der Waals surface area contributed by atoms with Gasteiger partial charge in [-0.25, -0.2) is 4.39 Å². The number of halogens is 2. The van der Waals surface area contributed by atoms with Crippen LogP contribution in [0.2, 0.25) is 0 Å². The van der Waals surface area contributed by atoms with Crippen molar-refractivity contribution in [3.8, 4) is 0 Å². The summed E-state index contributed by atoms with van der Waals surface area (Å²) in [5.41, 5.74) is 1.44. The quantitative estimate of drug-likeness (QED) is 0.705. The van der Waals surface area contributed by atoms with Crippen molar-refractivity contribution in [3.63, 3.8) is 0 Å². The van der Waals surface area contributed by atoms with Crippen LogP contribution in [0, 0.1) is 5.82 Å². The minimum Gasteiger partial charge on any atom is -0.455 e. The maximum atomic E-state index is 12.9. The smallest absolute Gasteiger partial charge is 0.266 e. The van der Waals surface area contributed by atoms with Crippen LogP contribution in [0.5, 0.6) is 0 Å². The molecule has 0 saturated heterocycles. The van der Waals surface area contributed by atoms with Crippen molar-refractivity contribution < 1.29 is 13.9 Å². The van der Waals surface area contributed by atoms with E-state index in [4.69, 9.17) is 21.1 Å². The maximum Gasteiger partial charge on any atom is 0.266 e. The second kappa shape index (κ2) is 3.88. The van der Waals surface area contributed by atoms with Crippen LogP contribution in [-0.4, -0.2) is 0 Å². The van der Waals surface area contributed by atoms with Gasteiger partial charge in [0.25, 0.3) is 6.29 Å². The molecule has 2 rings (SSSR count). The molecule has 0 N–H and O–H groups in total. The number of ether oxygens (including phenoxy) is 2. The summed E-state index contributed by atoms with van der Waals surface area (Å²) in [6.45, 7) is 0. The van der Waals surface area contributed by atoms with Crippen molar-refractivity contribution in [2.45, 2.75) is 12.2 Å². The Morgan fingerprint density at radius 1 is 1.29 bits per heavy atom. The van der Waals surface area contributed by atoms with Gasteiger partial charge in [-0.1, -0.05) is 0 Å². The largest absolute Gasteiger partial charge is 0.455 e. The predicted molar refractivity (Wildman–Crippen MR) is 50.0 cm³/mol. The van der Waals surface area contributed by atoms with Gasteiger partial charge >= 0.3 is 0 Å². The molecular weight excluding hydrogens is 207 g/mol. The van der Waals surface area contributed by atoms with Gasteiger partial charge in [0.1, 0.15) is 18.3 Å². The molecule has 0 radical (unpaired) electrons. The highest BCUT2D eigenvalue weighted by Crippen LogP contribution is 2.28. The van der Waals surface area contributed by atoms with E-state index in [-0.39, 0.29) is 11.7 Å². The summed E-state index contributed by atoms with van der Waals surface area (Å²) in [4.78, 5) is 0. The average molecular weight is 215 g/mol. The molecule has 14 heavy (non-hydrogen) atoms. The van der Waals surface area contributed by atoms with Gasteiger partial charge in [0.05, 0.1) is 0 Å². The molecule has 0 aliphatic carbocycles. The average Bonchev–Trinajstić information content (AvgIpc) is 2.70. The number of rotatable bonds is 2. The summed E-state index contributed by atoms with van der Waals surface area (Å²) in [6, 6.07) is 4.36. The Morgan fingerprint density at radius 2 is 2.00 bits per heavy atom. The lowest BCUT2D eigenvalue weighted by molar-refractivity contribution is -0.0251. The van der Waals surface area contributed by atoms with Crippen molar-refractivity contribution in [2.75, 3.05) is 0 Å². The Balaban J connectivity index is 2.32. The number of benzene rings is 1. The van der Waals surface area contributed by atoms with Crippen LogP contribution in [0.25, 0.3) is 0 Å². The van der Waals surface area contributed by atoms with Gasteiger partial charge in [0, 0.05) is 11.4 Å². The van der Waals surface area contributed by atoms with Crippen molar-refractivity contribution >= 4 is 11.6 Å². The molecule has 74 valence electrons. The third-order valence-corrected chi connectivity index (χ3v) is 2.25. The van der Waals surface area contributed by atoms with E-state index in [1.54, 1.807) is 6.07 Å². The summed E-state index contributed by atoms with van der Waals surface area (Å²) in [7, 11) is 0. The molecule has 1 aliphatic heterocycles. The van der Waals surface area contributed by atoms with Crippen LogP contribution in [0.15, 0.2) is 30.7 Å². The fourth-order valence-corrected chi connectivity index (χ4v) is 1.54. The first-order valence-corrected chi connectivity index (χ1v) is 4.65. The third-order valence-electron chi connectivity index (χ3n) is 1.96. The van der Waals surface area contributed by atoms with Crippen LogP contribution in [0.4, 0.5) is 4.39 Å². The van der Waals surface area contributed by atoms with Gasteiger partial charge in [-0.15, -0.1) is 11.6 Å². The number of hydrogen-bond donors (Lipinski definition) is 0. The molecule has 0 spiro atoms. The maximum absolute atomic E-state index is 12.9. The second-order valence-corrected chi connectivity index (χ2v) is 3.12. The second-order valence-electron chi connectivity index (χ2n) is 2.85. The summed E-state index contributed by atoms with van der Waals surface area (Å²) >= 11 is 5.68. The Bertz CT molecular complexity index is 357. The van der Waals surface area contributed by atoms with Crippen LogP contribution < -0.4 is 0 Å². The van der Waals surface area contributed by atoms with Crippen LogP contribution in [0.1, 0.15) is 17.4 Å². The number of alkyl halides is 1. The first-order valence-electron chi connectivity index (χ1n) is 4.11. The van der Waals surface area contributed by atoms with Gasteiger partial charge in [-0.3, -0.25) is 0 Å². The minimum absolute atomic E-state index is 0.232. The Hall–Kier alpha value is -1.22. The highest BCUT2D eigenvalue weighted by molar-refractivity contribution is 6.17. The normalized spacial score (nSPS) is 15.3. The standard InChI is InChI=1S/C10H8ClFO2/c11-6-7-5-8(12)1-2-9(7)10-13-3-4-14-10/h1-5,10H,6H2. The van der Waals surface area contributed by atoms with E-state index < -0.39 is 6.29 Å². The molecule has 0 saturated carbocycles. The van der Waals surface area contributed by atoms with E-state index in [1.807, 2.05) is 0 Å². The van der Waals surface area contributed by atoms with Crippen molar-refractivity contribution in [2.24, 2.45) is 0 Å². The van der Waals surface area contributed by atoms with Gasteiger partial charge < -0.3 is 9.47 Å². The lowest BCUT2D eigenvalue weighted by Crippen LogP contribution is -2.02. The summed E-state index contributed by atoms with van der Waals surface area (Å²) in [6.07, 6.45) is 2.40. The zero-order valence-corrected chi connectivity index (χ0v) is 8.00. The molecule has 1 aliphatic rings. The molecular formula is C10H8ClFO2. The third kappa shape index (κ3) is 1.68. The summed E-state index contributed by atoms with van der Waals surface area (Å²) < 4.78 is 23.1. The summed E-state index contributed by atoms with van der Waals surface area (Å²) in [5, 5.41) is 0. The molecule has 1 heterocycles. The SMILES string of the molecule is Fc1ccc(C2OC=CO2)c(CCl)c1. The number of hydrogen-bond acceptors (Lipinski definition) is 2. The summed E-state index contributed by atoms with van der Waals surface area (Å²) in [5.74, 6) is -0.0774. The van der Waals surface area contributed by atoms with Gasteiger partial charge in [-0.2, -0.15) is 0 Å². The van der Waals surface area contributed by atoms with E-state index in [0.717, 1.165) is 5.56 Å². The Morgan fingerprint density at radius 3 is 2.64 bits per heavy atom. The molecule has 4 heteroatoms. The van der Waals surface area contributed by atoms with Crippen LogP contribution >= 0.6 is 11.6 Å². The highest BCUT2D eigenvalue weighted by Gasteiger charge is 2.19. The van der Waals surface area contributed by atoms with Crippen molar-refractivity contribution in [3.05, 3.63) is 47.7 Å². The Kier molecular flexibility index (Phi) is 2.59. The lowest BCUT2D eigenvalue weighted by Gasteiger charge is -2.13. The molecule has 0 fully saturated rings. The van der Waals surface area contributed by atoms with E-state index in [1.165, 1.54) is 24.7 Å². The van der Waals surface area contributed by atoms with Crippen LogP contribution in [-0.2, 0) is 15.4 Å². The zero-order chi connectivity index (χ0) is 9.97. The fraction of sp³-hybridized carbons (Fsp3) is 0.200. The van der Waals surface area contributed by atoms with Crippen molar-refractivity contribution in [1.29, 1.82) is 0 Å². The predicted octanol–water partition coefficient (Wildman–Crippen LogP) is 3.08. The topological polar surface area (TPSA) is 18.5 Å². The monoisotopic (exact) mass is 214 g/mol. The molecule has 0 unspecified atom stereocenters. The van der Waals surface area contributed by atoms with Crippen molar-refractivity contribution in [1.82, 2.24) is 0 Å². The Labute approximate surface area is 85.9 Å². The van der Waals surface area contributed by atoms with Crippen LogP contribution in [0.3, 0.4) is 0 Å². The molecule has 0 bridgehead atoms. The molecule has 1 aromatic rings. The molecule has 0 aromatic heterocycles. The van der Waals surface area contributed by atoms with Gasteiger partial charge in [-0.05, 0) is 23.8 Å². The minimum atomic E-state index is -0.496. The van der Waals surface area contributed by atoms with E-state index in [2.05, 4.69) is 0 Å². The molecule has 0 amide bonds. The first-order chi connectivity index (χ1) is 6.81. The molecule has 2 nitrogen and oxygen atoms in total. The van der Waals surface area contributed by atoms with Gasteiger partial charge in [0.15, 0.2) is 0 Å².